The molecule has 1 N–H and O–H groups in total. The van der Waals surface area contributed by atoms with Gasteiger partial charge in [-0.05, 0) is 48.0 Å². The van der Waals surface area contributed by atoms with Crippen molar-refractivity contribution in [2.45, 2.75) is 6.54 Å². The van der Waals surface area contributed by atoms with Crippen molar-refractivity contribution < 1.29 is 23.7 Å². The van der Waals surface area contributed by atoms with Crippen molar-refractivity contribution in [3.05, 3.63) is 71.4 Å². The fourth-order valence-corrected chi connectivity index (χ4v) is 4.04. The summed E-state index contributed by atoms with van der Waals surface area (Å²) in [6.45, 7) is 2.50. The van der Waals surface area contributed by atoms with E-state index in [0.29, 0.717) is 43.7 Å². The predicted molar refractivity (Wildman–Crippen MR) is 145 cm³/mol. The molecule has 0 bridgehead atoms. The predicted octanol–water partition coefficient (Wildman–Crippen LogP) is 5.62. The topological polar surface area (TPSA) is 84.0 Å². The molecule has 0 unspecified atom stereocenters. The SMILES string of the molecule is COCCOCCOc1ccc(Cl)cc1-c1ccc2c(NCc3ccc(OC)cc3OC)cnnc2c1. The lowest BCUT2D eigenvalue weighted by Gasteiger charge is -2.14. The lowest BCUT2D eigenvalue weighted by Crippen LogP contribution is -2.10. The molecule has 0 aliphatic rings. The Morgan fingerprint density at radius 2 is 1.70 bits per heavy atom. The lowest BCUT2D eigenvalue weighted by atomic mass is 10.0. The van der Waals surface area contributed by atoms with Crippen molar-refractivity contribution in [2.75, 3.05) is 53.1 Å². The summed E-state index contributed by atoms with van der Waals surface area (Å²) in [4.78, 5) is 0. The lowest BCUT2D eigenvalue weighted by molar-refractivity contribution is 0.0545. The first-order valence-electron chi connectivity index (χ1n) is 11.8. The van der Waals surface area contributed by atoms with Crippen LogP contribution in [0.2, 0.25) is 5.02 Å². The Balaban J connectivity index is 1.53. The number of benzene rings is 3. The Morgan fingerprint density at radius 1 is 0.838 bits per heavy atom. The Kier molecular flexibility index (Phi) is 9.37. The molecule has 4 aromatic rings. The first-order chi connectivity index (χ1) is 18.1. The molecular formula is C28H30ClN3O5. The van der Waals surface area contributed by atoms with Crippen LogP contribution in [0.15, 0.2) is 60.8 Å². The highest BCUT2D eigenvalue weighted by Gasteiger charge is 2.12. The summed E-state index contributed by atoms with van der Waals surface area (Å²) < 4.78 is 27.3. The number of methoxy groups -OCH3 is 3. The van der Waals surface area contributed by atoms with Gasteiger partial charge in [0.25, 0.3) is 0 Å². The highest BCUT2D eigenvalue weighted by Crippen LogP contribution is 2.35. The summed E-state index contributed by atoms with van der Waals surface area (Å²) in [6.07, 6.45) is 1.72. The van der Waals surface area contributed by atoms with Gasteiger partial charge < -0.3 is 29.0 Å². The Labute approximate surface area is 221 Å². The number of nitrogens with one attached hydrogen (secondary N) is 1. The third kappa shape index (κ3) is 6.80. The van der Waals surface area contributed by atoms with Crippen LogP contribution in [0.5, 0.6) is 17.2 Å². The summed E-state index contributed by atoms with van der Waals surface area (Å²) in [7, 11) is 4.92. The third-order valence-electron chi connectivity index (χ3n) is 5.77. The minimum Gasteiger partial charge on any atom is -0.497 e. The van der Waals surface area contributed by atoms with E-state index in [1.54, 1.807) is 27.5 Å². The van der Waals surface area contributed by atoms with E-state index in [4.69, 9.17) is 35.3 Å². The average Bonchev–Trinajstić information content (AvgIpc) is 2.93. The van der Waals surface area contributed by atoms with Gasteiger partial charge in [-0.15, -0.1) is 0 Å². The van der Waals surface area contributed by atoms with Crippen molar-refractivity contribution in [3.8, 4) is 28.4 Å². The molecule has 1 aromatic heterocycles. The zero-order chi connectivity index (χ0) is 26.0. The molecule has 0 aliphatic heterocycles. The quantitative estimate of drug-likeness (QED) is 0.226. The minimum atomic E-state index is 0.411. The van der Waals surface area contributed by atoms with Gasteiger partial charge in [0.1, 0.15) is 23.9 Å². The maximum Gasteiger partial charge on any atom is 0.127 e. The van der Waals surface area contributed by atoms with Crippen LogP contribution in [0.25, 0.3) is 22.0 Å². The molecule has 0 atom stereocenters. The van der Waals surface area contributed by atoms with Gasteiger partial charge in [0.2, 0.25) is 0 Å². The van der Waals surface area contributed by atoms with Gasteiger partial charge in [0.05, 0.1) is 51.4 Å². The van der Waals surface area contributed by atoms with Gasteiger partial charge in [-0.3, -0.25) is 0 Å². The third-order valence-corrected chi connectivity index (χ3v) is 6.01. The van der Waals surface area contributed by atoms with E-state index in [9.17, 15) is 0 Å². The molecule has 4 rings (SSSR count). The molecule has 1 heterocycles. The largest absolute Gasteiger partial charge is 0.497 e. The van der Waals surface area contributed by atoms with E-state index in [2.05, 4.69) is 15.5 Å². The maximum absolute atomic E-state index is 6.32. The Bertz CT molecular complexity index is 1330. The number of nitrogens with zero attached hydrogens (tertiary/aromatic N) is 2. The van der Waals surface area contributed by atoms with E-state index in [1.165, 1.54) is 0 Å². The van der Waals surface area contributed by atoms with Crippen molar-refractivity contribution in [2.24, 2.45) is 0 Å². The minimum absolute atomic E-state index is 0.411. The summed E-state index contributed by atoms with van der Waals surface area (Å²) in [5.41, 5.74) is 4.41. The van der Waals surface area contributed by atoms with E-state index < -0.39 is 0 Å². The van der Waals surface area contributed by atoms with Gasteiger partial charge in [-0.1, -0.05) is 17.7 Å². The average molecular weight is 524 g/mol. The molecule has 0 fully saturated rings. The number of hydrogen-bond donors (Lipinski definition) is 1. The Hall–Kier alpha value is -3.59. The van der Waals surface area contributed by atoms with Crippen LogP contribution in [0.4, 0.5) is 5.69 Å². The molecule has 37 heavy (non-hydrogen) atoms. The monoisotopic (exact) mass is 523 g/mol. The second-order valence-electron chi connectivity index (χ2n) is 8.12. The normalized spacial score (nSPS) is 10.9. The number of rotatable bonds is 13. The molecule has 0 saturated carbocycles. The molecule has 3 aromatic carbocycles. The van der Waals surface area contributed by atoms with Gasteiger partial charge >= 0.3 is 0 Å². The number of hydrogen-bond acceptors (Lipinski definition) is 8. The molecule has 0 saturated heterocycles. The van der Waals surface area contributed by atoms with Crippen molar-refractivity contribution in [1.29, 1.82) is 0 Å². The highest BCUT2D eigenvalue weighted by molar-refractivity contribution is 6.31. The molecule has 0 amide bonds. The van der Waals surface area contributed by atoms with Crippen molar-refractivity contribution in [3.63, 3.8) is 0 Å². The zero-order valence-corrected chi connectivity index (χ0v) is 21.9. The molecular weight excluding hydrogens is 494 g/mol. The maximum atomic E-state index is 6.32. The summed E-state index contributed by atoms with van der Waals surface area (Å²) in [5.74, 6) is 2.21. The zero-order valence-electron chi connectivity index (χ0n) is 21.1. The molecule has 194 valence electrons. The van der Waals surface area contributed by atoms with Gasteiger partial charge in [0.15, 0.2) is 0 Å². The standard InChI is InChI=1S/C28H30ClN3O5/c1-33-10-11-36-12-13-37-27-9-6-21(29)15-24(27)19-5-8-23-25(14-19)32-31-18-26(23)30-17-20-4-7-22(34-2)16-28(20)35-3/h4-9,14-16,18H,10-13,17H2,1-3H3,(H,30,32). The number of aromatic nitrogens is 2. The van der Waals surface area contributed by atoms with Crippen LogP contribution < -0.4 is 19.5 Å². The highest BCUT2D eigenvalue weighted by atomic mass is 35.5. The Morgan fingerprint density at radius 3 is 2.51 bits per heavy atom. The van der Waals surface area contributed by atoms with Crippen LogP contribution in [0.3, 0.4) is 0 Å². The molecule has 8 nitrogen and oxygen atoms in total. The van der Waals surface area contributed by atoms with Gasteiger partial charge in [-0.25, -0.2) is 0 Å². The summed E-state index contributed by atoms with van der Waals surface area (Å²) >= 11 is 6.32. The van der Waals surface area contributed by atoms with Crippen LogP contribution in [-0.4, -0.2) is 58.0 Å². The number of fused-ring (bicyclic) bond motifs is 1. The number of ether oxygens (including phenoxy) is 5. The molecule has 9 heteroatoms. The second kappa shape index (κ2) is 13.1. The first-order valence-corrected chi connectivity index (χ1v) is 12.2. The number of halogens is 1. The first kappa shape index (κ1) is 26.5. The van der Waals surface area contributed by atoms with E-state index in [1.807, 2.05) is 54.6 Å². The fourth-order valence-electron chi connectivity index (χ4n) is 3.87. The fraction of sp³-hybridized carbons (Fsp3) is 0.286. The van der Waals surface area contributed by atoms with Crippen LogP contribution in [-0.2, 0) is 16.0 Å². The van der Waals surface area contributed by atoms with Gasteiger partial charge in [-0.2, -0.15) is 10.2 Å². The molecule has 0 spiro atoms. The van der Waals surface area contributed by atoms with E-state index >= 15 is 0 Å². The molecule has 0 radical (unpaired) electrons. The smallest absolute Gasteiger partial charge is 0.127 e. The van der Waals surface area contributed by atoms with Gasteiger partial charge in [0, 0.05) is 41.3 Å². The van der Waals surface area contributed by atoms with Crippen molar-refractivity contribution >= 4 is 28.2 Å². The van der Waals surface area contributed by atoms with Crippen LogP contribution >= 0.6 is 11.6 Å². The summed E-state index contributed by atoms with van der Waals surface area (Å²) in [6, 6.07) is 17.3. The van der Waals surface area contributed by atoms with E-state index in [-0.39, 0.29) is 0 Å². The van der Waals surface area contributed by atoms with Crippen molar-refractivity contribution in [1.82, 2.24) is 10.2 Å². The second-order valence-corrected chi connectivity index (χ2v) is 8.55. The molecule has 0 aliphatic carbocycles. The number of anilines is 1. The van der Waals surface area contributed by atoms with Crippen LogP contribution in [0.1, 0.15) is 5.56 Å². The van der Waals surface area contributed by atoms with Crippen LogP contribution in [0, 0.1) is 0 Å². The summed E-state index contributed by atoms with van der Waals surface area (Å²) in [5, 5.41) is 13.6. The van der Waals surface area contributed by atoms with E-state index in [0.717, 1.165) is 44.8 Å².